The molecule has 110 valence electrons. The molecule has 8 heteroatoms. The zero-order valence-corrected chi connectivity index (χ0v) is 10.9. The minimum absolute atomic E-state index is 0.236. The normalized spacial score (nSPS) is 34.7. The Bertz CT molecular complexity index is 327. The fourth-order valence-electron chi connectivity index (χ4n) is 1.75. The Labute approximate surface area is 110 Å². The first-order valence-corrected chi connectivity index (χ1v) is 5.71. The van der Waals surface area contributed by atoms with Crippen LogP contribution in [0.1, 0.15) is 13.8 Å². The van der Waals surface area contributed by atoms with Gasteiger partial charge in [-0.15, -0.1) is 0 Å². The van der Waals surface area contributed by atoms with E-state index in [2.05, 4.69) is 0 Å². The molecule has 2 N–H and O–H groups in total. The predicted octanol–water partition coefficient (Wildman–Crippen LogP) is -1.43. The van der Waals surface area contributed by atoms with Crippen LogP contribution >= 0.6 is 0 Å². The molecule has 3 unspecified atom stereocenters. The highest BCUT2D eigenvalue weighted by atomic mass is 16.7. The number of carbonyl (C=O) groups excluding carboxylic acids is 2. The number of esters is 2. The van der Waals surface area contributed by atoms with Crippen LogP contribution in [0.25, 0.3) is 0 Å². The van der Waals surface area contributed by atoms with E-state index in [9.17, 15) is 19.8 Å². The molecule has 1 rings (SSSR count). The van der Waals surface area contributed by atoms with E-state index in [1.54, 1.807) is 0 Å². The summed E-state index contributed by atoms with van der Waals surface area (Å²) in [7, 11) is 1.30. The highest BCUT2D eigenvalue weighted by Crippen LogP contribution is 2.24. The standard InChI is InChI=1S/C11H18O8/c1-5(12)17-4-7-8(14)9(15)10(18-6(2)13)11(16-3)19-7/h7-11,14-15H,4H2,1-3H3/t7?,8-,9?,10?,11-/m0/s1. The predicted molar refractivity (Wildman–Crippen MR) is 59.9 cm³/mol. The molecule has 1 fully saturated rings. The first-order valence-electron chi connectivity index (χ1n) is 5.71. The molecule has 0 aromatic heterocycles. The van der Waals surface area contributed by atoms with Crippen molar-refractivity contribution < 1.29 is 38.7 Å². The Kier molecular flexibility index (Phi) is 5.67. The van der Waals surface area contributed by atoms with Gasteiger partial charge in [0.1, 0.15) is 24.9 Å². The van der Waals surface area contributed by atoms with Crippen LogP contribution in [0.2, 0.25) is 0 Å². The van der Waals surface area contributed by atoms with Gasteiger partial charge in [0.15, 0.2) is 12.4 Å². The monoisotopic (exact) mass is 278 g/mol. The fraction of sp³-hybridized carbons (Fsp3) is 0.818. The SMILES string of the molecule is CO[C@H]1OC(COC(C)=O)[C@H](O)C(O)C1OC(C)=O. The zero-order chi connectivity index (χ0) is 14.6. The minimum atomic E-state index is -1.40. The maximum Gasteiger partial charge on any atom is 0.303 e. The summed E-state index contributed by atoms with van der Waals surface area (Å²) < 4.78 is 19.8. The van der Waals surface area contributed by atoms with Gasteiger partial charge >= 0.3 is 11.9 Å². The molecular formula is C11H18O8. The molecule has 1 heterocycles. The summed E-state index contributed by atoms with van der Waals surface area (Å²) >= 11 is 0. The van der Waals surface area contributed by atoms with Crippen molar-refractivity contribution in [2.24, 2.45) is 0 Å². The number of carbonyl (C=O) groups is 2. The van der Waals surface area contributed by atoms with Gasteiger partial charge in [0.25, 0.3) is 0 Å². The van der Waals surface area contributed by atoms with Gasteiger partial charge in [-0.1, -0.05) is 0 Å². The Morgan fingerprint density at radius 3 is 2.26 bits per heavy atom. The topological polar surface area (TPSA) is 112 Å². The lowest BCUT2D eigenvalue weighted by Gasteiger charge is -2.40. The number of hydrogen-bond acceptors (Lipinski definition) is 8. The van der Waals surface area contributed by atoms with Crippen molar-refractivity contribution in [2.45, 2.75) is 44.6 Å². The molecule has 5 atom stereocenters. The van der Waals surface area contributed by atoms with Crippen LogP contribution in [0.4, 0.5) is 0 Å². The third-order valence-corrected chi connectivity index (χ3v) is 2.63. The maximum absolute atomic E-state index is 10.9. The number of hydrogen-bond donors (Lipinski definition) is 2. The highest BCUT2D eigenvalue weighted by molar-refractivity contribution is 5.66. The molecule has 0 aliphatic carbocycles. The van der Waals surface area contributed by atoms with Crippen LogP contribution in [0.5, 0.6) is 0 Å². The number of methoxy groups -OCH3 is 1. The molecule has 1 aliphatic rings. The smallest absolute Gasteiger partial charge is 0.303 e. The average Bonchev–Trinajstić information content (AvgIpc) is 2.33. The summed E-state index contributed by atoms with van der Waals surface area (Å²) in [5.41, 5.74) is 0. The molecule has 0 aromatic rings. The summed E-state index contributed by atoms with van der Waals surface area (Å²) in [4.78, 5) is 21.6. The van der Waals surface area contributed by atoms with Crippen LogP contribution < -0.4 is 0 Å². The van der Waals surface area contributed by atoms with Gasteiger partial charge in [-0.2, -0.15) is 0 Å². The van der Waals surface area contributed by atoms with Crippen LogP contribution in [0, 0.1) is 0 Å². The molecule has 8 nitrogen and oxygen atoms in total. The molecule has 0 amide bonds. The van der Waals surface area contributed by atoms with Gasteiger partial charge in [-0.3, -0.25) is 9.59 Å². The van der Waals surface area contributed by atoms with Gasteiger partial charge < -0.3 is 29.2 Å². The third-order valence-electron chi connectivity index (χ3n) is 2.63. The molecule has 19 heavy (non-hydrogen) atoms. The maximum atomic E-state index is 10.9. The number of aliphatic hydroxyl groups is 2. The molecule has 1 saturated heterocycles. The fourth-order valence-corrected chi connectivity index (χ4v) is 1.75. The Balaban J connectivity index is 2.72. The lowest BCUT2D eigenvalue weighted by Crippen LogP contribution is -2.60. The average molecular weight is 278 g/mol. The number of rotatable bonds is 4. The summed E-state index contributed by atoms with van der Waals surface area (Å²) in [6.45, 7) is 2.14. The molecule has 0 aromatic carbocycles. The second kappa shape index (κ2) is 6.80. The summed E-state index contributed by atoms with van der Waals surface area (Å²) in [5, 5.41) is 19.7. The molecular weight excluding hydrogens is 260 g/mol. The summed E-state index contributed by atoms with van der Waals surface area (Å²) in [6.07, 6.45) is -5.93. The Morgan fingerprint density at radius 2 is 1.79 bits per heavy atom. The van der Waals surface area contributed by atoms with Crippen molar-refractivity contribution >= 4 is 11.9 Å². The van der Waals surface area contributed by atoms with Crippen molar-refractivity contribution in [2.75, 3.05) is 13.7 Å². The van der Waals surface area contributed by atoms with Crippen molar-refractivity contribution in [3.63, 3.8) is 0 Å². The van der Waals surface area contributed by atoms with Crippen LogP contribution in [0.15, 0.2) is 0 Å². The minimum Gasteiger partial charge on any atom is -0.463 e. The van der Waals surface area contributed by atoms with E-state index in [1.807, 2.05) is 0 Å². The van der Waals surface area contributed by atoms with E-state index >= 15 is 0 Å². The van der Waals surface area contributed by atoms with Gasteiger partial charge in [-0.25, -0.2) is 0 Å². The van der Waals surface area contributed by atoms with Gasteiger partial charge in [0, 0.05) is 21.0 Å². The lowest BCUT2D eigenvalue weighted by atomic mass is 9.99. The molecule has 0 bridgehead atoms. The van der Waals surface area contributed by atoms with E-state index < -0.39 is 42.6 Å². The van der Waals surface area contributed by atoms with Crippen LogP contribution in [0.3, 0.4) is 0 Å². The first-order chi connectivity index (χ1) is 8.86. The first kappa shape index (κ1) is 15.8. The molecule has 0 radical (unpaired) electrons. The summed E-state index contributed by atoms with van der Waals surface area (Å²) in [5.74, 6) is -1.18. The number of aliphatic hydroxyl groups excluding tert-OH is 2. The summed E-state index contributed by atoms with van der Waals surface area (Å²) in [6, 6.07) is 0. The van der Waals surface area contributed by atoms with E-state index in [0.29, 0.717) is 0 Å². The Hall–Kier alpha value is -1.22. The number of ether oxygens (including phenoxy) is 4. The van der Waals surface area contributed by atoms with Crippen molar-refractivity contribution in [1.82, 2.24) is 0 Å². The van der Waals surface area contributed by atoms with E-state index in [1.165, 1.54) is 14.0 Å². The van der Waals surface area contributed by atoms with Crippen LogP contribution in [-0.2, 0) is 28.5 Å². The van der Waals surface area contributed by atoms with Gasteiger partial charge in [0.2, 0.25) is 0 Å². The van der Waals surface area contributed by atoms with Crippen molar-refractivity contribution in [3.05, 3.63) is 0 Å². The Morgan fingerprint density at radius 1 is 1.16 bits per heavy atom. The molecule has 0 spiro atoms. The molecule has 1 aliphatic heterocycles. The van der Waals surface area contributed by atoms with Gasteiger partial charge in [0.05, 0.1) is 0 Å². The lowest BCUT2D eigenvalue weighted by molar-refractivity contribution is -0.298. The largest absolute Gasteiger partial charge is 0.463 e. The van der Waals surface area contributed by atoms with Gasteiger partial charge in [-0.05, 0) is 0 Å². The van der Waals surface area contributed by atoms with Crippen molar-refractivity contribution in [3.8, 4) is 0 Å². The highest BCUT2D eigenvalue weighted by Gasteiger charge is 2.47. The second-order valence-corrected chi connectivity index (χ2v) is 4.14. The third kappa shape index (κ3) is 4.13. The zero-order valence-electron chi connectivity index (χ0n) is 10.9. The van der Waals surface area contributed by atoms with Crippen LogP contribution in [-0.4, -0.2) is 66.6 Å². The van der Waals surface area contributed by atoms with E-state index in [4.69, 9.17) is 18.9 Å². The second-order valence-electron chi connectivity index (χ2n) is 4.14. The molecule has 0 saturated carbocycles. The van der Waals surface area contributed by atoms with Crippen molar-refractivity contribution in [1.29, 1.82) is 0 Å². The quantitative estimate of drug-likeness (QED) is 0.602. The van der Waals surface area contributed by atoms with E-state index in [0.717, 1.165) is 6.92 Å². The van der Waals surface area contributed by atoms with E-state index in [-0.39, 0.29) is 6.61 Å².